The number of hydrogen-bond acceptors (Lipinski definition) is 2. The minimum atomic E-state index is -0.379. The van der Waals surface area contributed by atoms with Crippen LogP contribution in [0.2, 0.25) is 0 Å². The zero-order valence-corrected chi connectivity index (χ0v) is 10.8. The number of aliphatic hydroxyl groups excluding tert-OH is 1. The molecule has 1 amide bonds. The lowest BCUT2D eigenvalue weighted by molar-refractivity contribution is 0.0781. The quantitative estimate of drug-likeness (QED) is 0.908. The maximum absolute atomic E-state index is 13.1. The van der Waals surface area contributed by atoms with Crippen molar-refractivity contribution in [2.75, 3.05) is 19.7 Å². The molecule has 1 fully saturated rings. The summed E-state index contributed by atoms with van der Waals surface area (Å²) in [7, 11) is 0. The Morgan fingerprint density at radius 3 is 2.94 bits per heavy atom. The zero-order valence-electron chi connectivity index (χ0n) is 9.20. The van der Waals surface area contributed by atoms with Gasteiger partial charge in [0, 0.05) is 31.2 Å². The molecule has 0 aliphatic carbocycles. The van der Waals surface area contributed by atoms with Crippen LogP contribution in [-0.2, 0) is 0 Å². The van der Waals surface area contributed by atoms with Gasteiger partial charge in [0.2, 0.25) is 0 Å². The number of carbonyl (C=O) groups excluding carboxylic acids is 1. The first kappa shape index (κ1) is 12.5. The van der Waals surface area contributed by atoms with Gasteiger partial charge in [0.1, 0.15) is 5.82 Å². The van der Waals surface area contributed by atoms with Crippen LogP contribution < -0.4 is 0 Å². The van der Waals surface area contributed by atoms with Gasteiger partial charge in [-0.15, -0.1) is 0 Å². The lowest BCUT2D eigenvalue weighted by atomic mass is 10.1. The zero-order chi connectivity index (χ0) is 12.4. The van der Waals surface area contributed by atoms with Crippen molar-refractivity contribution >= 4 is 21.8 Å². The third-order valence-corrected chi connectivity index (χ3v) is 3.61. The molecule has 1 aliphatic heterocycles. The molecule has 92 valence electrons. The molecular formula is C12H13BrFNO2. The first-order valence-corrected chi connectivity index (χ1v) is 6.26. The van der Waals surface area contributed by atoms with Gasteiger partial charge >= 0.3 is 0 Å². The van der Waals surface area contributed by atoms with Gasteiger partial charge in [0.05, 0.1) is 4.47 Å². The summed E-state index contributed by atoms with van der Waals surface area (Å²) in [6.07, 6.45) is 0.824. The molecule has 1 saturated heterocycles. The second-order valence-corrected chi connectivity index (χ2v) is 5.07. The monoisotopic (exact) mass is 301 g/mol. The average molecular weight is 302 g/mol. The molecule has 0 bridgehead atoms. The van der Waals surface area contributed by atoms with E-state index in [9.17, 15) is 9.18 Å². The molecule has 1 heterocycles. The number of rotatable bonds is 2. The lowest BCUT2D eigenvalue weighted by Crippen LogP contribution is -2.29. The summed E-state index contributed by atoms with van der Waals surface area (Å²) in [5, 5.41) is 9.02. The molecule has 1 unspecified atom stereocenters. The minimum Gasteiger partial charge on any atom is -0.396 e. The van der Waals surface area contributed by atoms with E-state index < -0.39 is 0 Å². The van der Waals surface area contributed by atoms with Crippen LogP contribution in [0.15, 0.2) is 22.7 Å². The Kier molecular flexibility index (Phi) is 3.79. The smallest absolute Gasteiger partial charge is 0.253 e. The number of amides is 1. The van der Waals surface area contributed by atoms with E-state index >= 15 is 0 Å². The van der Waals surface area contributed by atoms with Crippen molar-refractivity contribution in [2.24, 2.45) is 5.92 Å². The number of likely N-dealkylation sites (tertiary alicyclic amines) is 1. The number of benzene rings is 1. The van der Waals surface area contributed by atoms with Gasteiger partial charge in [-0.3, -0.25) is 4.79 Å². The summed E-state index contributed by atoms with van der Waals surface area (Å²) in [6, 6.07) is 4.25. The largest absolute Gasteiger partial charge is 0.396 e. The van der Waals surface area contributed by atoms with Gasteiger partial charge in [-0.1, -0.05) is 0 Å². The lowest BCUT2D eigenvalue weighted by Gasteiger charge is -2.16. The van der Waals surface area contributed by atoms with Crippen molar-refractivity contribution < 1.29 is 14.3 Å². The van der Waals surface area contributed by atoms with E-state index in [0.717, 1.165) is 6.42 Å². The van der Waals surface area contributed by atoms with E-state index in [-0.39, 0.29) is 24.2 Å². The number of aliphatic hydroxyl groups is 1. The molecule has 1 aliphatic rings. The Morgan fingerprint density at radius 1 is 1.59 bits per heavy atom. The molecule has 0 aromatic heterocycles. The minimum absolute atomic E-state index is 0.108. The van der Waals surface area contributed by atoms with Crippen LogP contribution in [0.5, 0.6) is 0 Å². The molecule has 3 nitrogen and oxygen atoms in total. The Bertz CT molecular complexity index is 439. The maximum Gasteiger partial charge on any atom is 0.253 e. The van der Waals surface area contributed by atoms with Gasteiger partial charge in [0.25, 0.3) is 5.91 Å². The Hall–Kier alpha value is -0.940. The highest BCUT2D eigenvalue weighted by molar-refractivity contribution is 9.10. The maximum atomic E-state index is 13.1. The van der Waals surface area contributed by atoms with Crippen LogP contribution >= 0.6 is 15.9 Å². The Balaban J connectivity index is 2.12. The Morgan fingerprint density at radius 2 is 2.35 bits per heavy atom. The highest BCUT2D eigenvalue weighted by Crippen LogP contribution is 2.21. The summed E-state index contributed by atoms with van der Waals surface area (Å²) < 4.78 is 13.3. The highest BCUT2D eigenvalue weighted by atomic mass is 79.9. The molecule has 2 rings (SSSR count). The third kappa shape index (κ3) is 2.66. The predicted molar refractivity (Wildman–Crippen MR) is 65.2 cm³/mol. The number of hydrogen-bond donors (Lipinski definition) is 1. The Labute approximate surface area is 107 Å². The number of nitrogens with zero attached hydrogens (tertiary/aromatic N) is 1. The molecule has 17 heavy (non-hydrogen) atoms. The van der Waals surface area contributed by atoms with Crippen LogP contribution in [-0.4, -0.2) is 35.6 Å². The average Bonchev–Trinajstić information content (AvgIpc) is 2.80. The summed E-state index contributed by atoms with van der Waals surface area (Å²) in [5.74, 6) is -0.319. The van der Waals surface area contributed by atoms with E-state index in [2.05, 4.69) is 15.9 Å². The van der Waals surface area contributed by atoms with Gasteiger partial charge < -0.3 is 10.0 Å². The first-order valence-electron chi connectivity index (χ1n) is 5.47. The first-order chi connectivity index (χ1) is 8.11. The van der Waals surface area contributed by atoms with Crippen molar-refractivity contribution in [3.8, 4) is 0 Å². The van der Waals surface area contributed by atoms with Crippen LogP contribution in [0.3, 0.4) is 0 Å². The van der Waals surface area contributed by atoms with Crippen LogP contribution in [0.1, 0.15) is 16.8 Å². The summed E-state index contributed by atoms with van der Waals surface area (Å²) >= 11 is 3.06. The molecule has 1 aromatic rings. The van der Waals surface area contributed by atoms with Crippen LogP contribution in [0, 0.1) is 11.7 Å². The molecule has 1 atom stereocenters. The fourth-order valence-corrected chi connectivity index (χ4v) is 2.36. The van der Waals surface area contributed by atoms with Crippen LogP contribution in [0.4, 0.5) is 4.39 Å². The summed E-state index contributed by atoms with van der Waals surface area (Å²) in [5.41, 5.74) is 0.469. The molecule has 1 N–H and O–H groups in total. The van der Waals surface area contributed by atoms with E-state index in [1.807, 2.05) is 0 Å². The summed E-state index contributed by atoms with van der Waals surface area (Å²) in [6.45, 7) is 1.33. The van der Waals surface area contributed by atoms with E-state index in [1.54, 1.807) is 4.90 Å². The molecule has 0 saturated carbocycles. The standard InChI is InChI=1S/C12H13BrFNO2/c13-10-5-9(1-2-11(10)14)12(17)15-4-3-8(6-15)7-16/h1-2,5,8,16H,3-4,6-7H2. The van der Waals surface area contributed by atoms with Crippen molar-refractivity contribution in [2.45, 2.75) is 6.42 Å². The highest BCUT2D eigenvalue weighted by Gasteiger charge is 2.26. The van der Waals surface area contributed by atoms with Gasteiger partial charge in [0.15, 0.2) is 0 Å². The van der Waals surface area contributed by atoms with Crippen molar-refractivity contribution in [1.82, 2.24) is 4.90 Å². The van der Waals surface area contributed by atoms with Gasteiger partial charge in [-0.05, 0) is 40.5 Å². The van der Waals surface area contributed by atoms with Gasteiger partial charge in [-0.25, -0.2) is 4.39 Å². The SMILES string of the molecule is O=C(c1ccc(F)c(Br)c1)N1CCC(CO)C1. The van der Waals surface area contributed by atoms with E-state index in [1.165, 1.54) is 18.2 Å². The van der Waals surface area contributed by atoms with Crippen molar-refractivity contribution in [1.29, 1.82) is 0 Å². The van der Waals surface area contributed by atoms with E-state index in [4.69, 9.17) is 5.11 Å². The molecule has 1 aromatic carbocycles. The second-order valence-electron chi connectivity index (χ2n) is 4.22. The van der Waals surface area contributed by atoms with Crippen LogP contribution in [0.25, 0.3) is 0 Å². The molecule has 5 heteroatoms. The number of carbonyl (C=O) groups is 1. The fraction of sp³-hybridized carbons (Fsp3) is 0.417. The predicted octanol–water partition coefficient (Wildman–Crippen LogP) is 2.04. The van der Waals surface area contributed by atoms with Gasteiger partial charge in [-0.2, -0.15) is 0 Å². The topological polar surface area (TPSA) is 40.5 Å². The third-order valence-electron chi connectivity index (χ3n) is 3.00. The van der Waals surface area contributed by atoms with Crippen molar-refractivity contribution in [3.63, 3.8) is 0 Å². The molecule has 0 spiro atoms. The van der Waals surface area contributed by atoms with E-state index in [0.29, 0.717) is 23.1 Å². The molecule has 0 radical (unpaired) electrons. The second kappa shape index (κ2) is 5.14. The van der Waals surface area contributed by atoms with Crippen molar-refractivity contribution in [3.05, 3.63) is 34.1 Å². The number of halogens is 2. The molecular weight excluding hydrogens is 289 g/mol. The fourth-order valence-electron chi connectivity index (χ4n) is 1.98. The normalized spacial score (nSPS) is 19.7. The summed E-state index contributed by atoms with van der Waals surface area (Å²) in [4.78, 5) is 13.8.